The highest BCUT2D eigenvalue weighted by Crippen LogP contribution is 2.21. The molecule has 1 atom stereocenters. The van der Waals surface area contributed by atoms with Crippen LogP contribution < -0.4 is 0 Å². The number of aromatic nitrogens is 5. The fraction of sp³-hybridized carbons (Fsp3) is 0.471. The fourth-order valence-corrected chi connectivity index (χ4v) is 3.51. The second-order valence-electron chi connectivity index (χ2n) is 6.39. The molecule has 6 heteroatoms. The van der Waals surface area contributed by atoms with Gasteiger partial charge in [0.15, 0.2) is 0 Å². The highest BCUT2D eigenvalue weighted by atomic mass is 15.3. The van der Waals surface area contributed by atoms with E-state index in [2.05, 4.69) is 50.8 Å². The third-order valence-electron chi connectivity index (χ3n) is 4.71. The van der Waals surface area contributed by atoms with Gasteiger partial charge in [0.1, 0.15) is 18.3 Å². The second-order valence-corrected chi connectivity index (χ2v) is 6.39. The summed E-state index contributed by atoms with van der Waals surface area (Å²) in [5, 5.41) is 4.26. The van der Waals surface area contributed by atoms with E-state index in [1.165, 1.54) is 24.8 Å². The largest absolute Gasteiger partial charge is 0.307 e. The molecule has 0 saturated carbocycles. The van der Waals surface area contributed by atoms with E-state index in [1.807, 2.05) is 4.68 Å². The van der Waals surface area contributed by atoms with Gasteiger partial charge in [-0.2, -0.15) is 5.10 Å². The molecule has 6 nitrogen and oxygen atoms in total. The molecule has 4 heterocycles. The van der Waals surface area contributed by atoms with Gasteiger partial charge in [0.25, 0.3) is 0 Å². The Hall–Kier alpha value is -2.21. The van der Waals surface area contributed by atoms with Crippen LogP contribution in [0.4, 0.5) is 0 Å². The van der Waals surface area contributed by atoms with E-state index in [0.29, 0.717) is 6.04 Å². The Morgan fingerprint density at radius 1 is 1.30 bits per heavy atom. The lowest BCUT2D eigenvalue weighted by molar-refractivity contribution is 0.120. The summed E-state index contributed by atoms with van der Waals surface area (Å²) in [5.41, 5.74) is 3.42. The predicted molar refractivity (Wildman–Crippen MR) is 88.0 cm³/mol. The quantitative estimate of drug-likeness (QED) is 0.742. The number of pyridine rings is 1. The van der Waals surface area contributed by atoms with Crippen LogP contribution in [0.15, 0.2) is 37.2 Å². The lowest BCUT2D eigenvalue weighted by atomic mass is 10.0. The van der Waals surface area contributed by atoms with Gasteiger partial charge in [-0.15, -0.1) is 0 Å². The number of rotatable bonds is 4. The van der Waals surface area contributed by atoms with Crippen molar-refractivity contribution < 1.29 is 0 Å². The van der Waals surface area contributed by atoms with Gasteiger partial charge in [0.05, 0.1) is 12.2 Å². The van der Waals surface area contributed by atoms with E-state index in [4.69, 9.17) is 4.98 Å². The van der Waals surface area contributed by atoms with Gasteiger partial charge < -0.3 is 4.40 Å². The van der Waals surface area contributed by atoms with Crippen molar-refractivity contribution in [3.63, 3.8) is 0 Å². The minimum atomic E-state index is 0.511. The van der Waals surface area contributed by atoms with Gasteiger partial charge in [0.2, 0.25) is 0 Å². The molecule has 0 bridgehead atoms. The Morgan fingerprint density at radius 2 is 2.26 bits per heavy atom. The normalized spacial score (nSPS) is 19.4. The highest BCUT2D eigenvalue weighted by Gasteiger charge is 2.24. The monoisotopic (exact) mass is 310 g/mol. The Labute approximate surface area is 135 Å². The van der Waals surface area contributed by atoms with Crippen molar-refractivity contribution in [2.24, 2.45) is 0 Å². The molecule has 1 aliphatic heterocycles. The first-order valence-electron chi connectivity index (χ1n) is 8.29. The average Bonchev–Trinajstić information content (AvgIpc) is 3.19. The molecule has 120 valence electrons. The summed E-state index contributed by atoms with van der Waals surface area (Å²) in [4.78, 5) is 11.4. The molecule has 0 unspecified atom stereocenters. The maximum atomic E-state index is 4.82. The van der Waals surface area contributed by atoms with Crippen molar-refractivity contribution in [3.8, 4) is 0 Å². The van der Waals surface area contributed by atoms with Crippen molar-refractivity contribution in [1.29, 1.82) is 0 Å². The zero-order valence-electron chi connectivity index (χ0n) is 13.5. The minimum Gasteiger partial charge on any atom is -0.307 e. The summed E-state index contributed by atoms with van der Waals surface area (Å²) in [5.74, 6) is 0. The fourth-order valence-electron chi connectivity index (χ4n) is 3.51. The number of aryl methyl sites for hydroxylation is 1. The van der Waals surface area contributed by atoms with E-state index >= 15 is 0 Å². The summed E-state index contributed by atoms with van der Waals surface area (Å²) in [6.45, 7) is 5.06. The number of hydrogen-bond donors (Lipinski definition) is 0. The van der Waals surface area contributed by atoms with Crippen molar-refractivity contribution >= 4 is 5.65 Å². The van der Waals surface area contributed by atoms with Crippen molar-refractivity contribution in [2.75, 3.05) is 6.54 Å². The topological polar surface area (TPSA) is 51.2 Å². The highest BCUT2D eigenvalue weighted by molar-refractivity contribution is 5.47. The maximum absolute atomic E-state index is 4.82. The van der Waals surface area contributed by atoms with Gasteiger partial charge in [-0.3, -0.25) is 9.58 Å². The molecular weight excluding hydrogens is 288 g/mol. The van der Waals surface area contributed by atoms with Gasteiger partial charge in [0, 0.05) is 25.0 Å². The zero-order chi connectivity index (χ0) is 15.6. The molecule has 0 N–H and O–H groups in total. The van der Waals surface area contributed by atoms with E-state index in [9.17, 15) is 0 Å². The van der Waals surface area contributed by atoms with Crippen LogP contribution in [0.3, 0.4) is 0 Å². The lowest BCUT2D eigenvalue weighted by Crippen LogP contribution is -2.41. The first-order valence-corrected chi connectivity index (χ1v) is 8.29. The lowest BCUT2D eigenvalue weighted by Gasteiger charge is -2.35. The SMILES string of the molecule is Cc1cccn2cc(CN3CCCC[C@@H]3Cn3cncn3)nc12. The van der Waals surface area contributed by atoms with Crippen LogP contribution in [0.1, 0.15) is 30.5 Å². The Bertz CT molecular complexity index is 776. The van der Waals surface area contributed by atoms with Crippen LogP contribution in [0.25, 0.3) is 5.65 Å². The molecule has 0 amide bonds. The van der Waals surface area contributed by atoms with Crippen LogP contribution in [-0.2, 0) is 13.1 Å². The molecule has 1 aliphatic rings. The molecule has 0 aromatic carbocycles. The molecule has 0 radical (unpaired) electrons. The molecule has 0 aliphatic carbocycles. The van der Waals surface area contributed by atoms with E-state index in [-0.39, 0.29) is 0 Å². The number of likely N-dealkylation sites (tertiary alicyclic amines) is 1. The standard InChI is InChI=1S/C17H22N6/c1-14-5-4-8-22-10-15(20-17(14)22)9-21-7-3-2-6-16(21)11-23-13-18-12-19-23/h4-5,8,10,12-13,16H,2-3,6-7,9,11H2,1H3/t16-/m1/s1. The van der Waals surface area contributed by atoms with E-state index in [0.717, 1.165) is 31.0 Å². The molecule has 0 spiro atoms. The Balaban J connectivity index is 1.53. The first-order chi connectivity index (χ1) is 11.3. The molecule has 3 aromatic rings. The third kappa shape index (κ3) is 2.99. The maximum Gasteiger partial charge on any atom is 0.139 e. The van der Waals surface area contributed by atoms with Crippen LogP contribution in [-0.4, -0.2) is 41.6 Å². The van der Waals surface area contributed by atoms with Crippen LogP contribution >= 0.6 is 0 Å². The Kier molecular flexibility index (Phi) is 3.83. The van der Waals surface area contributed by atoms with Gasteiger partial charge in [-0.25, -0.2) is 9.97 Å². The van der Waals surface area contributed by atoms with E-state index in [1.54, 1.807) is 12.7 Å². The third-order valence-corrected chi connectivity index (χ3v) is 4.71. The predicted octanol–water partition coefficient (Wildman–Crippen LogP) is 2.29. The zero-order valence-corrected chi connectivity index (χ0v) is 13.5. The van der Waals surface area contributed by atoms with E-state index < -0.39 is 0 Å². The second kappa shape index (κ2) is 6.12. The number of nitrogens with zero attached hydrogens (tertiary/aromatic N) is 6. The molecular formula is C17H22N6. The number of fused-ring (bicyclic) bond motifs is 1. The summed E-state index contributed by atoms with van der Waals surface area (Å²) in [7, 11) is 0. The average molecular weight is 310 g/mol. The van der Waals surface area contributed by atoms with Gasteiger partial charge >= 0.3 is 0 Å². The number of piperidine rings is 1. The molecule has 23 heavy (non-hydrogen) atoms. The minimum absolute atomic E-state index is 0.511. The molecule has 4 rings (SSSR count). The van der Waals surface area contributed by atoms with Crippen LogP contribution in [0, 0.1) is 6.92 Å². The van der Waals surface area contributed by atoms with Crippen molar-refractivity contribution in [3.05, 3.63) is 48.4 Å². The first kappa shape index (κ1) is 14.4. The number of hydrogen-bond acceptors (Lipinski definition) is 4. The van der Waals surface area contributed by atoms with Crippen LogP contribution in [0.5, 0.6) is 0 Å². The van der Waals surface area contributed by atoms with Crippen LogP contribution in [0.2, 0.25) is 0 Å². The smallest absolute Gasteiger partial charge is 0.139 e. The summed E-state index contributed by atoms with van der Waals surface area (Å²) < 4.78 is 4.07. The van der Waals surface area contributed by atoms with Crippen molar-refractivity contribution in [1.82, 2.24) is 29.0 Å². The summed E-state index contributed by atoms with van der Waals surface area (Å²) >= 11 is 0. The summed E-state index contributed by atoms with van der Waals surface area (Å²) in [6, 6.07) is 4.69. The summed E-state index contributed by atoms with van der Waals surface area (Å²) in [6.07, 6.45) is 11.4. The van der Waals surface area contributed by atoms with Gasteiger partial charge in [-0.1, -0.05) is 12.5 Å². The molecule has 1 fully saturated rings. The number of imidazole rings is 1. The van der Waals surface area contributed by atoms with Gasteiger partial charge in [-0.05, 0) is 37.9 Å². The molecule has 3 aromatic heterocycles. The Morgan fingerprint density at radius 3 is 3.09 bits per heavy atom. The molecule has 1 saturated heterocycles. The van der Waals surface area contributed by atoms with Crippen molar-refractivity contribution in [2.45, 2.75) is 45.3 Å².